The third kappa shape index (κ3) is 5.50. The van der Waals surface area contributed by atoms with Gasteiger partial charge in [-0.15, -0.1) is 0 Å². The Bertz CT molecular complexity index is 446. The number of hydrogen-bond acceptors (Lipinski definition) is 3. The molecule has 7 heteroatoms. The third-order valence-corrected chi connectivity index (χ3v) is 2.11. The molecular weight excluding hydrogens is 263 g/mol. The van der Waals surface area contributed by atoms with E-state index in [0.29, 0.717) is 23.6 Å². The van der Waals surface area contributed by atoms with Crippen molar-refractivity contribution >= 4 is 11.8 Å². The topological polar surface area (TPSA) is 47.6 Å². The molecule has 106 valence electrons. The van der Waals surface area contributed by atoms with Crippen molar-refractivity contribution in [3.8, 4) is 5.75 Å². The van der Waals surface area contributed by atoms with Crippen LogP contribution in [0.5, 0.6) is 5.75 Å². The second kappa shape index (κ2) is 6.31. The summed E-state index contributed by atoms with van der Waals surface area (Å²) in [7, 11) is 0. The maximum absolute atomic E-state index is 11.9. The zero-order chi connectivity index (χ0) is 14.5. The molecule has 1 aromatic carbocycles. The number of amides is 1. The lowest BCUT2D eigenvalue weighted by Gasteiger charge is -2.12. The van der Waals surface area contributed by atoms with Crippen LogP contribution in [0.25, 0.3) is 0 Å². The Morgan fingerprint density at radius 1 is 1.37 bits per heavy atom. The summed E-state index contributed by atoms with van der Waals surface area (Å²) >= 11 is 0. The minimum atomic E-state index is -4.54. The Morgan fingerprint density at radius 2 is 2.05 bits per heavy atom. The predicted molar refractivity (Wildman–Crippen MR) is 63.4 cm³/mol. The molecular formula is C12H14F3NO3. The zero-order valence-corrected chi connectivity index (χ0v) is 10.5. The van der Waals surface area contributed by atoms with Crippen molar-refractivity contribution in [3.05, 3.63) is 23.8 Å². The molecule has 0 radical (unpaired) electrons. The molecule has 19 heavy (non-hydrogen) atoms. The lowest BCUT2D eigenvalue weighted by Crippen LogP contribution is -2.23. The number of ether oxygens (including phenoxy) is 2. The van der Waals surface area contributed by atoms with Crippen molar-refractivity contribution in [2.24, 2.45) is 0 Å². The average Bonchev–Trinajstić information content (AvgIpc) is 2.30. The van der Waals surface area contributed by atoms with Crippen LogP contribution >= 0.6 is 0 Å². The van der Waals surface area contributed by atoms with Gasteiger partial charge in [-0.2, -0.15) is 13.2 Å². The summed E-state index contributed by atoms with van der Waals surface area (Å²) in [6.07, 6.45) is -5.69. The monoisotopic (exact) mass is 277 g/mol. The van der Waals surface area contributed by atoms with Crippen LogP contribution in [-0.4, -0.2) is 25.5 Å². The van der Waals surface area contributed by atoms with Gasteiger partial charge >= 0.3 is 12.3 Å². The molecule has 0 aliphatic rings. The summed E-state index contributed by atoms with van der Waals surface area (Å²) < 4.78 is 44.8. The van der Waals surface area contributed by atoms with Gasteiger partial charge in [-0.1, -0.05) is 0 Å². The summed E-state index contributed by atoms with van der Waals surface area (Å²) in [5.41, 5.74) is 1.03. The highest BCUT2D eigenvalue weighted by atomic mass is 19.4. The molecule has 0 saturated carbocycles. The maximum Gasteiger partial charge on any atom is 0.422 e. The van der Waals surface area contributed by atoms with Gasteiger partial charge in [-0.3, -0.25) is 5.32 Å². The fraction of sp³-hybridized carbons (Fsp3) is 0.417. The molecule has 1 amide bonds. The number of halogens is 3. The van der Waals surface area contributed by atoms with E-state index in [4.69, 9.17) is 4.74 Å². The molecule has 0 bridgehead atoms. The first-order valence-electron chi connectivity index (χ1n) is 5.56. The quantitative estimate of drug-likeness (QED) is 0.916. The number of carbonyl (C=O) groups is 1. The smallest absolute Gasteiger partial charge is 0.422 e. The minimum Gasteiger partial charge on any atom is -0.494 e. The Labute approximate surface area is 108 Å². The van der Waals surface area contributed by atoms with Gasteiger partial charge in [0.2, 0.25) is 0 Å². The molecule has 4 nitrogen and oxygen atoms in total. The number of nitrogens with one attached hydrogen (secondary N) is 1. The second-order valence-corrected chi connectivity index (χ2v) is 3.73. The van der Waals surface area contributed by atoms with Crippen molar-refractivity contribution in [2.75, 3.05) is 18.5 Å². The average molecular weight is 277 g/mol. The van der Waals surface area contributed by atoms with Gasteiger partial charge < -0.3 is 9.47 Å². The van der Waals surface area contributed by atoms with E-state index in [1.807, 2.05) is 6.92 Å². The highest BCUT2D eigenvalue weighted by Gasteiger charge is 2.29. The number of carbonyl (C=O) groups excluding carboxylic acids is 1. The molecule has 0 fully saturated rings. The minimum absolute atomic E-state index is 0.371. The van der Waals surface area contributed by atoms with Crippen LogP contribution < -0.4 is 10.1 Å². The van der Waals surface area contributed by atoms with Crippen LogP contribution in [0.4, 0.5) is 23.7 Å². The van der Waals surface area contributed by atoms with E-state index in [9.17, 15) is 18.0 Å². The molecule has 0 spiro atoms. The van der Waals surface area contributed by atoms with Crippen LogP contribution in [0, 0.1) is 6.92 Å². The molecule has 1 rings (SSSR count). The number of rotatable bonds is 4. The molecule has 0 aliphatic carbocycles. The Balaban J connectivity index is 2.59. The highest BCUT2D eigenvalue weighted by molar-refractivity contribution is 5.85. The third-order valence-electron chi connectivity index (χ3n) is 2.11. The van der Waals surface area contributed by atoms with E-state index in [0.717, 1.165) is 0 Å². The van der Waals surface area contributed by atoms with E-state index >= 15 is 0 Å². The SMILES string of the molecule is CCOc1ccc(NC(=O)OCC(F)(F)F)c(C)c1. The lowest BCUT2D eigenvalue weighted by molar-refractivity contribution is -0.159. The molecule has 0 aliphatic heterocycles. The van der Waals surface area contributed by atoms with E-state index in [-0.39, 0.29) is 0 Å². The first-order chi connectivity index (χ1) is 8.81. The molecule has 0 unspecified atom stereocenters. The van der Waals surface area contributed by atoms with Crippen LogP contribution in [0.1, 0.15) is 12.5 Å². The Kier molecular flexibility index (Phi) is 5.02. The first-order valence-corrected chi connectivity index (χ1v) is 5.56. The van der Waals surface area contributed by atoms with Crippen molar-refractivity contribution in [2.45, 2.75) is 20.0 Å². The summed E-state index contributed by atoms with van der Waals surface area (Å²) in [6, 6.07) is 4.81. The van der Waals surface area contributed by atoms with Gasteiger partial charge in [-0.05, 0) is 37.6 Å². The molecule has 1 N–H and O–H groups in total. The molecule has 0 saturated heterocycles. The fourth-order valence-corrected chi connectivity index (χ4v) is 1.33. The van der Waals surface area contributed by atoms with Crippen LogP contribution in [-0.2, 0) is 4.74 Å². The predicted octanol–water partition coefficient (Wildman–Crippen LogP) is 3.50. The van der Waals surface area contributed by atoms with E-state index in [2.05, 4.69) is 10.1 Å². The van der Waals surface area contributed by atoms with Gasteiger partial charge in [0.1, 0.15) is 5.75 Å². The van der Waals surface area contributed by atoms with Crippen molar-refractivity contribution < 1.29 is 27.4 Å². The van der Waals surface area contributed by atoms with Crippen molar-refractivity contribution in [3.63, 3.8) is 0 Å². The van der Waals surface area contributed by atoms with Crippen molar-refractivity contribution in [1.82, 2.24) is 0 Å². The van der Waals surface area contributed by atoms with Gasteiger partial charge in [-0.25, -0.2) is 4.79 Å². The number of benzene rings is 1. The molecule has 0 aromatic heterocycles. The molecule has 1 aromatic rings. The van der Waals surface area contributed by atoms with E-state index < -0.39 is 18.9 Å². The standard InChI is InChI=1S/C12H14F3NO3/c1-3-18-9-4-5-10(8(2)6-9)16-11(17)19-7-12(13,14)15/h4-6H,3,7H2,1-2H3,(H,16,17). The van der Waals surface area contributed by atoms with E-state index in [1.165, 1.54) is 6.07 Å². The van der Waals surface area contributed by atoms with Gasteiger partial charge in [0.15, 0.2) is 6.61 Å². The highest BCUT2D eigenvalue weighted by Crippen LogP contribution is 2.22. The van der Waals surface area contributed by atoms with Crippen LogP contribution in [0.15, 0.2) is 18.2 Å². The van der Waals surface area contributed by atoms with E-state index in [1.54, 1.807) is 19.1 Å². The Hall–Kier alpha value is -1.92. The summed E-state index contributed by atoms with van der Waals surface area (Å²) in [5, 5.41) is 2.24. The number of hydrogen-bond donors (Lipinski definition) is 1. The fourth-order valence-electron chi connectivity index (χ4n) is 1.33. The first kappa shape index (κ1) is 15.1. The maximum atomic E-state index is 11.9. The van der Waals surface area contributed by atoms with Crippen LogP contribution in [0.2, 0.25) is 0 Å². The molecule has 0 atom stereocenters. The van der Waals surface area contributed by atoms with Gasteiger partial charge in [0.25, 0.3) is 0 Å². The second-order valence-electron chi connectivity index (χ2n) is 3.73. The lowest BCUT2D eigenvalue weighted by atomic mass is 10.2. The van der Waals surface area contributed by atoms with Gasteiger partial charge in [0, 0.05) is 5.69 Å². The summed E-state index contributed by atoms with van der Waals surface area (Å²) in [4.78, 5) is 11.2. The number of anilines is 1. The zero-order valence-electron chi connectivity index (χ0n) is 10.5. The van der Waals surface area contributed by atoms with Gasteiger partial charge in [0.05, 0.1) is 6.61 Å². The van der Waals surface area contributed by atoms with Crippen LogP contribution in [0.3, 0.4) is 0 Å². The summed E-state index contributed by atoms with van der Waals surface area (Å²) in [5.74, 6) is 0.620. The molecule has 0 heterocycles. The van der Waals surface area contributed by atoms with Crippen molar-refractivity contribution in [1.29, 1.82) is 0 Å². The number of alkyl halides is 3. The summed E-state index contributed by atoms with van der Waals surface area (Å²) in [6.45, 7) is 2.41. The Morgan fingerprint density at radius 3 is 2.58 bits per heavy atom. The normalized spacial score (nSPS) is 11.0. The largest absolute Gasteiger partial charge is 0.494 e. The number of aryl methyl sites for hydroxylation is 1.